The van der Waals surface area contributed by atoms with Crippen LogP contribution in [0.5, 0.6) is 0 Å². The molecule has 1 aromatic heterocycles. The Kier molecular flexibility index (Phi) is 6.20. The van der Waals surface area contributed by atoms with Crippen LogP contribution in [0.3, 0.4) is 0 Å². The summed E-state index contributed by atoms with van der Waals surface area (Å²) >= 11 is 0. The summed E-state index contributed by atoms with van der Waals surface area (Å²) < 4.78 is 67.6. The van der Waals surface area contributed by atoms with Gasteiger partial charge in [-0.1, -0.05) is 0 Å². The number of nitrogens with two attached hydrogens (primary N) is 1. The predicted octanol–water partition coefficient (Wildman–Crippen LogP) is 0.824. The van der Waals surface area contributed by atoms with E-state index in [1.807, 2.05) is 6.92 Å². The first-order chi connectivity index (χ1) is 9.69. The largest absolute Gasteiger partial charge is 0.411 e. The van der Waals surface area contributed by atoms with Crippen LogP contribution in [0.25, 0.3) is 0 Å². The lowest BCUT2D eigenvalue weighted by Crippen LogP contribution is -2.28. The molecular weight excluding hydrogens is 311 g/mol. The second kappa shape index (κ2) is 7.25. The molecule has 10 heteroatoms. The van der Waals surface area contributed by atoms with Gasteiger partial charge in [-0.15, -0.1) is 0 Å². The number of halogens is 3. The number of aryl methyl sites for hydroxylation is 1. The molecule has 0 spiro atoms. The summed E-state index contributed by atoms with van der Waals surface area (Å²) in [5, 5.41) is 0. The number of rotatable bonds is 8. The first-order valence-electron chi connectivity index (χ1n) is 6.23. The molecule has 1 aromatic rings. The Balaban J connectivity index is 2.56. The fraction of sp³-hybridized carbons (Fsp3) is 0.636. The van der Waals surface area contributed by atoms with Gasteiger partial charge in [0.2, 0.25) is 10.0 Å². The van der Waals surface area contributed by atoms with Crippen molar-refractivity contribution in [1.82, 2.24) is 9.29 Å². The first kappa shape index (κ1) is 18.0. The Morgan fingerprint density at radius 2 is 2.10 bits per heavy atom. The summed E-state index contributed by atoms with van der Waals surface area (Å²) in [5.74, 6) is 0. The number of alkyl halides is 3. The van der Waals surface area contributed by atoms with Gasteiger partial charge in [0.25, 0.3) is 0 Å². The molecule has 122 valence electrons. The Morgan fingerprint density at radius 1 is 1.43 bits per heavy atom. The van der Waals surface area contributed by atoms with Crippen LogP contribution in [0.2, 0.25) is 0 Å². The zero-order valence-electron chi connectivity index (χ0n) is 11.5. The fourth-order valence-corrected chi connectivity index (χ4v) is 2.73. The van der Waals surface area contributed by atoms with Crippen molar-refractivity contribution in [2.45, 2.75) is 31.1 Å². The molecule has 3 N–H and O–H groups in total. The number of aromatic nitrogens is 1. The number of hydrogen-bond acceptors (Lipinski definition) is 4. The van der Waals surface area contributed by atoms with E-state index in [1.54, 1.807) is 4.57 Å². The summed E-state index contributed by atoms with van der Waals surface area (Å²) in [6.45, 7) is 0.589. The number of hydrogen-bond donors (Lipinski definition) is 2. The van der Waals surface area contributed by atoms with Gasteiger partial charge in [-0.25, -0.2) is 13.1 Å². The van der Waals surface area contributed by atoms with Crippen LogP contribution in [-0.2, 0) is 27.8 Å². The third kappa shape index (κ3) is 5.65. The summed E-state index contributed by atoms with van der Waals surface area (Å²) in [6, 6.07) is 1.43. The standard InChI is InChI=1S/C11H18F3N3O3S/c1-2-17-7-10(5-9(17)6-15)21(18,19)16-3-4-20-8-11(12,13)14/h5,7,16H,2-4,6,8,15H2,1H3. The van der Waals surface area contributed by atoms with Gasteiger partial charge in [0.05, 0.1) is 11.5 Å². The van der Waals surface area contributed by atoms with Gasteiger partial charge in [-0.3, -0.25) is 0 Å². The quantitative estimate of drug-likeness (QED) is 0.692. The molecule has 0 saturated heterocycles. The maximum absolute atomic E-state index is 11.9. The highest BCUT2D eigenvalue weighted by Gasteiger charge is 2.27. The maximum atomic E-state index is 11.9. The third-order valence-corrected chi connectivity index (χ3v) is 4.05. The van der Waals surface area contributed by atoms with E-state index in [9.17, 15) is 21.6 Å². The molecule has 0 amide bonds. The Bertz CT molecular complexity index is 533. The molecule has 0 aromatic carbocycles. The van der Waals surface area contributed by atoms with Crippen molar-refractivity contribution in [3.05, 3.63) is 18.0 Å². The van der Waals surface area contributed by atoms with Crippen molar-refractivity contribution in [3.63, 3.8) is 0 Å². The molecular formula is C11H18F3N3O3S. The van der Waals surface area contributed by atoms with Crippen LogP contribution in [0.4, 0.5) is 13.2 Å². The van der Waals surface area contributed by atoms with Gasteiger partial charge in [0, 0.05) is 31.5 Å². The van der Waals surface area contributed by atoms with E-state index in [4.69, 9.17) is 5.73 Å². The molecule has 0 fully saturated rings. The molecule has 1 rings (SSSR count). The highest BCUT2D eigenvalue weighted by atomic mass is 32.2. The van der Waals surface area contributed by atoms with Crippen LogP contribution in [-0.4, -0.2) is 38.9 Å². The van der Waals surface area contributed by atoms with Crippen LogP contribution < -0.4 is 10.5 Å². The molecule has 6 nitrogen and oxygen atoms in total. The summed E-state index contributed by atoms with van der Waals surface area (Å²) in [7, 11) is -3.79. The molecule has 0 unspecified atom stereocenters. The highest BCUT2D eigenvalue weighted by Crippen LogP contribution is 2.15. The topological polar surface area (TPSA) is 86.3 Å². The SMILES string of the molecule is CCn1cc(S(=O)(=O)NCCOCC(F)(F)F)cc1CN. The second-order valence-electron chi connectivity index (χ2n) is 4.22. The lowest BCUT2D eigenvalue weighted by Gasteiger charge is -2.08. The summed E-state index contributed by atoms with van der Waals surface area (Å²) in [6.07, 6.45) is -2.99. The van der Waals surface area contributed by atoms with E-state index in [2.05, 4.69) is 9.46 Å². The lowest BCUT2D eigenvalue weighted by atomic mass is 10.4. The van der Waals surface area contributed by atoms with Gasteiger partial charge in [0.15, 0.2) is 0 Å². The van der Waals surface area contributed by atoms with Crippen LogP contribution in [0.1, 0.15) is 12.6 Å². The van der Waals surface area contributed by atoms with Crippen molar-refractivity contribution in [2.75, 3.05) is 19.8 Å². The third-order valence-electron chi connectivity index (χ3n) is 2.63. The lowest BCUT2D eigenvalue weighted by molar-refractivity contribution is -0.173. The van der Waals surface area contributed by atoms with Gasteiger partial charge >= 0.3 is 6.18 Å². The Morgan fingerprint density at radius 3 is 2.57 bits per heavy atom. The number of sulfonamides is 1. The molecule has 0 bridgehead atoms. The molecule has 1 heterocycles. The van der Waals surface area contributed by atoms with Crippen molar-refractivity contribution in [1.29, 1.82) is 0 Å². The first-order valence-corrected chi connectivity index (χ1v) is 7.71. The molecule has 0 aliphatic heterocycles. The number of ether oxygens (including phenoxy) is 1. The minimum absolute atomic E-state index is 0.0284. The van der Waals surface area contributed by atoms with Crippen LogP contribution >= 0.6 is 0 Å². The summed E-state index contributed by atoms with van der Waals surface area (Å²) in [5.41, 5.74) is 6.16. The normalized spacial score (nSPS) is 12.8. The van der Waals surface area contributed by atoms with Crippen molar-refractivity contribution >= 4 is 10.0 Å². The Labute approximate surface area is 121 Å². The smallest absolute Gasteiger partial charge is 0.371 e. The van der Waals surface area contributed by atoms with Crippen molar-refractivity contribution in [3.8, 4) is 0 Å². The van der Waals surface area contributed by atoms with E-state index < -0.39 is 22.8 Å². The van der Waals surface area contributed by atoms with Gasteiger partial charge in [-0.2, -0.15) is 13.2 Å². The second-order valence-corrected chi connectivity index (χ2v) is 5.99. The molecule has 0 radical (unpaired) electrons. The molecule has 0 saturated carbocycles. The predicted molar refractivity (Wildman–Crippen MR) is 70.1 cm³/mol. The monoisotopic (exact) mass is 329 g/mol. The van der Waals surface area contributed by atoms with Gasteiger partial charge < -0.3 is 15.0 Å². The van der Waals surface area contributed by atoms with Gasteiger partial charge in [0.1, 0.15) is 6.61 Å². The van der Waals surface area contributed by atoms with E-state index >= 15 is 0 Å². The van der Waals surface area contributed by atoms with Crippen LogP contribution in [0.15, 0.2) is 17.2 Å². The molecule has 0 atom stereocenters. The maximum Gasteiger partial charge on any atom is 0.411 e. The highest BCUT2D eigenvalue weighted by molar-refractivity contribution is 7.89. The minimum Gasteiger partial charge on any atom is -0.371 e. The number of nitrogens with one attached hydrogen (secondary N) is 1. The van der Waals surface area contributed by atoms with Crippen molar-refractivity contribution < 1.29 is 26.3 Å². The molecule has 21 heavy (non-hydrogen) atoms. The van der Waals surface area contributed by atoms with E-state index in [1.165, 1.54) is 12.3 Å². The molecule has 0 aliphatic carbocycles. The van der Waals surface area contributed by atoms with Crippen molar-refractivity contribution in [2.24, 2.45) is 5.73 Å². The van der Waals surface area contributed by atoms with Gasteiger partial charge in [-0.05, 0) is 13.0 Å². The average molecular weight is 329 g/mol. The van der Waals surface area contributed by atoms with E-state index in [-0.39, 0.29) is 24.6 Å². The van der Waals surface area contributed by atoms with E-state index in [0.29, 0.717) is 12.2 Å². The van der Waals surface area contributed by atoms with Crippen LogP contribution in [0, 0.1) is 0 Å². The zero-order chi connectivity index (χ0) is 16.1. The Hall–Kier alpha value is -1.10. The average Bonchev–Trinajstić information content (AvgIpc) is 2.80. The number of nitrogens with zero attached hydrogens (tertiary/aromatic N) is 1. The minimum atomic E-state index is -4.42. The summed E-state index contributed by atoms with van der Waals surface area (Å²) in [4.78, 5) is 0.0284. The zero-order valence-corrected chi connectivity index (χ0v) is 12.3. The molecule has 0 aliphatic rings. The fourth-order valence-electron chi connectivity index (χ4n) is 1.66. The van der Waals surface area contributed by atoms with E-state index in [0.717, 1.165) is 0 Å².